The second-order valence-electron chi connectivity index (χ2n) is 4.91. The molecule has 96 valence electrons. The van der Waals surface area contributed by atoms with Crippen molar-refractivity contribution in [3.63, 3.8) is 0 Å². The van der Waals surface area contributed by atoms with Gasteiger partial charge in [0.1, 0.15) is 0 Å². The summed E-state index contributed by atoms with van der Waals surface area (Å²) in [6.45, 7) is 8.18. The van der Waals surface area contributed by atoms with E-state index in [0.29, 0.717) is 12.6 Å². The Labute approximate surface area is 104 Å². The third-order valence-corrected chi connectivity index (χ3v) is 3.62. The summed E-state index contributed by atoms with van der Waals surface area (Å²) in [7, 11) is 0. The van der Waals surface area contributed by atoms with Gasteiger partial charge < -0.3 is 5.73 Å². The van der Waals surface area contributed by atoms with E-state index < -0.39 is 0 Å². The highest BCUT2D eigenvalue weighted by Gasteiger charge is 2.27. The molecule has 2 rings (SSSR count). The summed E-state index contributed by atoms with van der Waals surface area (Å²) in [4.78, 5) is 2.49. The van der Waals surface area contributed by atoms with Gasteiger partial charge in [-0.05, 0) is 32.2 Å². The van der Waals surface area contributed by atoms with E-state index in [0.717, 1.165) is 19.0 Å². The average Bonchev–Trinajstić information content (AvgIpc) is 3.04. The number of aryl methyl sites for hydroxylation is 1. The van der Waals surface area contributed by atoms with Crippen molar-refractivity contribution in [2.45, 2.75) is 39.3 Å². The van der Waals surface area contributed by atoms with Crippen LogP contribution >= 0.6 is 0 Å². The molecule has 1 fully saturated rings. The first kappa shape index (κ1) is 12.6. The van der Waals surface area contributed by atoms with E-state index >= 15 is 0 Å². The molecule has 2 N–H and O–H groups in total. The molecule has 4 heteroatoms. The Hall–Kier alpha value is -0.870. The smallest absolute Gasteiger partial charge is 0.0538 e. The molecule has 1 saturated carbocycles. The van der Waals surface area contributed by atoms with E-state index in [1.807, 2.05) is 10.9 Å². The van der Waals surface area contributed by atoms with Crippen LogP contribution in [0.5, 0.6) is 0 Å². The molecule has 1 aromatic heterocycles. The van der Waals surface area contributed by atoms with E-state index in [1.165, 1.54) is 24.9 Å². The summed E-state index contributed by atoms with van der Waals surface area (Å²) < 4.78 is 1.98. The molecule has 0 radical (unpaired) electrons. The molecule has 1 unspecified atom stereocenters. The fourth-order valence-electron chi connectivity index (χ4n) is 2.33. The molecule has 1 heterocycles. The predicted octanol–water partition coefficient (Wildman–Crippen LogP) is 1.63. The van der Waals surface area contributed by atoms with Crippen molar-refractivity contribution in [3.8, 4) is 0 Å². The maximum Gasteiger partial charge on any atom is 0.0538 e. The molecule has 17 heavy (non-hydrogen) atoms. The first-order chi connectivity index (χ1) is 8.28. The molecule has 0 aromatic carbocycles. The number of aromatic nitrogens is 2. The standard InChI is InChI=1S/C13H24N4/c1-3-16(9-11-5-6-11)13(7-14)12-8-15-17(4-2)10-12/h8,10-11,13H,3-7,9,14H2,1-2H3. The lowest BCUT2D eigenvalue weighted by atomic mass is 10.1. The van der Waals surface area contributed by atoms with Crippen molar-refractivity contribution in [1.82, 2.24) is 14.7 Å². The summed E-state index contributed by atoms with van der Waals surface area (Å²) in [5.41, 5.74) is 7.21. The zero-order valence-electron chi connectivity index (χ0n) is 11.0. The van der Waals surface area contributed by atoms with Crippen molar-refractivity contribution in [3.05, 3.63) is 18.0 Å². The van der Waals surface area contributed by atoms with Gasteiger partial charge >= 0.3 is 0 Å². The molecular formula is C13H24N4. The number of nitrogens with two attached hydrogens (primary N) is 1. The summed E-state index contributed by atoms with van der Waals surface area (Å²) in [5, 5.41) is 4.35. The number of likely N-dealkylation sites (N-methyl/N-ethyl adjacent to an activating group) is 1. The van der Waals surface area contributed by atoms with Crippen LogP contribution in [0.2, 0.25) is 0 Å². The minimum atomic E-state index is 0.334. The van der Waals surface area contributed by atoms with E-state index in [9.17, 15) is 0 Å². The second-order valence-corrected chi connectivity index (χ2v) is 4.91. The molecule has 1 aromatic rings. The minimum Gasteiger partial charge on any atom is -0.329 e. The van der Waals surface area contributed by atoms with Gasteiger partial charge in [0.05, 0.1) is 12.2 Å². The number of hydrogen-bond acceptors (Lipinski definition) is 3. The highest BCUT2D eigenvalue weighted by Crippen LogP contribution is 2.32. The third kappa shape index (κ3) is 3.07. The largest absolute Gasteiger partial charge is 0.329 e. The molecule has 0 bridgehead atoms. The molecule has 0 saturated heterocycles. The van der Waals surface area contributed by atoms with Gasteiger partial charge in [-0.2, -0.15) is 5.10 Å². The lowest BCUT2D eigenvalue weighted by molar-refractivity contribution is 0.203. The van der Waals surface area contributed by atoms with Crippen LogP contribution in [0.15, 0.2) is 12.4 Å². The van der Waals surface area contributed by atoms with Crippen LogP contribution in [0.3, 0.4) is 0 Å². The predicted molar refractivity (Wildman–Crippen MR) is 69.7 cm³/mol. The van der Waals surface area contributed by atoms with Gasteiger partial charge in [-0.1, -0.05) is 6.92 Å². The Balaban J connectivity index is 2.06. The van der Waals surface area contributed by atoms with Gasteiger partial charge in [-0.3, -0.25) is 9.58 Å². The Morgan fingerprint density at radius 1 is 1.53 bits per heavy atom. The van der Waals surface area contributed by atoms with Crippen LogP contribution in [0, 0.1) is 5.92 Å². The molecule has 0 aliphatic heterocycles. The Morgan fingerprint density at radius 2 is 2.29 bits per heavy atom. The van der Waals surface area contributed by atoms with E-state index in [1.54, 1.807) is 0 Å². The first-order valence-corrected chi connectivity index (χ1v) is 6.74. The summed E-state index contributed by atoms with van der Waals surface area (Å²) in [6.07, 6.45) is 6.88. The van der Waals surface area contributed by atoms with Crippen LogP contribution in [-0.2, 0) is 6.54 Å². The fourth-order valence-corrected chi connectivity index (χ4v) is 2.33. The number of rotatable bonds is 7. The molecule has 0 spiro atoms. The first-order valence-electron chi connectivity index (χ1n) is 6.74. The molecule has 1 aliphatic rings. The lowest BCUT2D eigenvalue weighted by Crippen LogP contribution is -2.35. The van der Waals surface area contributed by atoms with Gasteiger partial charge in [0.2, 0.25) is 0 Å². The van der Waals surface area contributed by atoms with Gasteiger partial charge in [0.25, 0.3) is 0 Å². The van der Waals surface area contributed by atoms with E-state index in [-0.39, 0.29) is 0 Å². The SMILES string of the molecule is CCN(CC1CC1)C(CN)c1cnn(CC)c1. The van der Waals surface area contributed by atoms with Crippen LogP contribution in [0.25, 0.3) is 0 Å². The van der Waals surface area contributed by atoms with Crippen molar-refractivity contribution >= 4 is 0 Å². The van der Waals surface area contributed by atoms with Gasteiger partial charge in [0, 0.05) is 31.4 Å². The van der Waals surface area contributed by atoms with Gasteiger partial charge in [0.15, 0.2) is 0 Å². The second kappa shape index (κ2) is 5.65. The lowest BCUT2D eigenvalue weighted by Gasteiger charge is -2.29. The third-order valence-electron chi connectivity index (χ3n) is 3.62. The topological polar surface area (TPSA) is 47.1 Å². The zero-order valence-corrected chi connectivity index (χ0v) is 11.0. The highest BCUT2D eigenvalue weighted by molar-refractivity contribution is 5.11. The molecular weight excluding hydrogens is 212 g/mol. The van der Waals surface area contributed by atoms with Gasteiger partial charge in [-0.25, -0.2) is 0 Å². The normalized spacial score (nSPS) is 17.6. The highest BCUT2D eigenvalue weighted by atomic mass is 15.3. The van der Waals surface area contributed by atoms with Crippen molar-refractivity contribution in [2.24, 2.45) is 11.7 Å². The van der Waals surface area contributed by atoms with Gasteiger partial charge in [-0.15, -0.1) is 0 Å². The Bertz CT molecular complexity index is 343. The summed E-state index contributed by atoms with van der Waals surface area (Å²) in [5.74, 6) is 0.908. The number of nitrogens with zero attached hydrogens (tertiary/aromatic N) is 3. The average molecular weight is 236 g/mol. The molecule has 1 atom stereocenters. The van der Waals surface area contributed by atoms with E-state index in [4.69, 9.17) is 5.73 Å². The summed E-state index contributed by atoms with van der Waals surface area (Å²) in [6, 6.07) is 0.334. The molecule has 4 nitrogen and oxygen atoms in total. The van der Waals surface area contributed by atoms with Crippen LogP contribution < -0.4 is 5.73 Å². The molecule has 0 amide bonds. The van der Waals surface area contributed by atoms with Crippen LogP contribution in [0.1, 0.15) is 38.3 Å². The van der Waals surface area contributed by atoms with Crippen LogP contribution in [-0.4, -0.2) is 34.3 Å². The fraction of sp³-hybridized carbons (Fsp3) is 0.769. The van der Waals surface area contributed by atoms with Crippen molar-refractivity contribution in [2.75, 3.05) is 19.6 Å². The monoisotopic (exact) mass is 236 g/mol. The number of hydrogen-bond donors (Lipinski definition) is 1. The molecule has 1 aliphatic carbocycles. The maximum absolute atomic E-state index is 5.95. The van der Waals surface area contributed by atoms with Crippen molar-refractivity contribution in [1.29, 1.82) is 0 Å². The van der Waals surface area contributed by atoms with Crippen LogP contribution in [0.4, 0.5) is 0 Å². The maximum atomic E-state index is 5.95. The Morgan fingerprint density at radius 3 is 2.76 bits per heavy atom. The van der Waals surface area contributed by atoms with Crippen molar-refractivity contribution < 1.29 is 0 Å². The minimum absolute atomic E-state index is 0.334. The summed E-state index contributed by atoms with van der Waals surface area (Å²) >= 11 is 0. The zero-order chi connectivity index (χ0) is 12.3. The Kier molecular flexibility index (Phi) is 4.18. The van der Waals surface area contributed by atoms with E-state index in [2.05, 4.69) is 30.0 Å². The quantitative estimate of drug-likeness (QED) is 0.783.